The van der Waals surface area contributed by atoms with Gasteiger partial charge in [0.1, 0.15) is 5.82 Å². The molecule has 0 saturated heterocycles. The summed E-state index contributed by atoms with van der Waals surface area (Å²) in [7, 11) is 0. The van der Waals surface area contributed by atoms with Crippen LogP contribution in [0.25, 0.3) is 11.1 Å². The molecule has 1 aromatic carbocycles. The number of hydrogen-bond acceptors (Lipinski definition) is 1. The average molecular weight is 255 g/mol. The van der Waals surface area contributed by atoms with Gasteiger partial charge >= 0.3 is 0 Å². The van der Waals surface area contributed by atoms with Crippen molar-refractivity contribution in [2.45, 2.75) is 6.92 Å². The number of nitrogens with zero attached hydrogens (tertiary/aromatic N) is 1. The number of hydrogen-bond donors (Lipinski definition) is 1. The van der Waals surface area contributed by atoms with Crippen LogP contribution < -0.4 is 0 Å². The molecule has 0 amide bonds. The van der Waals surface area contributed by atoms with Gasteiger partial charge in [-0.3, -0.25) is 5.10 Å². The Hall–Kier alpha value is -1.16. The highest BCUT2D eigenvalue weighted by Crippen LogP contribution is 2.31. The lowest BCUT2D eigenvalue weighted by Gasteiger charge is -2.03. The first-order valence-corrected chi connectivity index (χ1v) is 4.94. The van der Waals surface area contributed by atoms with Crippen molar-refractivity contribution in [1.82, 2.24) is 10.2 Å². The van der Waals surface area contributed by atoms with E-state index in [4.69, 9.17) is 0 Å². The van der Waals surface area contributed by atoms with E-state index in [2.05, 4.69) is 26.1 Å². The number of rotatable bonds is 1. The number of H-pyrrole nitrogens is 1. The van der Waals surface area contributed by atoms with E-state index in [1.54, 1.807) is 12.3 Å². The molecule has 14 heavy (non-hydrogen) atoms. The molecule has 0 spiro atoms. The van der Waals surface area contributed by atoms with Crippen LogP contribution in [-0.4, -0.2) is 10.2 Å². The molecule has 0 saturated carbocycles. The molecule has 2 rings (SSSR count). The second-order valence-electron chi connectivity index (χ2n) is 3.01. The van der Waals surface area contributed by atoms with Crippen LogP contribution in [-0.2, 0) is 0 Å². The topological polar surface area (TPSA) is 28.7 Å². The molecule has 4 heteroatoms. The summed E-state index contributed by atoms with van der Waals surface area (Å²) >= 11 is 3.32. The minimum atomic E-state index is -0.246. The Kier molecular flexibility index (Phi) is 2.37. The van der Waals surface area contributed by atoms with Gasteiger partial charge in [0, 0.05) is 21.3 Å². The van der Waals surface area contributed by atoms with E-state index in [1.807, 2.05) is 13.0 Å². The van der Waals surface area contributed by atoms with Crippen LogP contribution in [0.3, 0.4) is 0 Å². The Morgan fingerprint density at radius 2 is 2.21 bits per heavy atom. The lowest BCUT2D eigenvalue weighted by molar-refractivity contribution is 0.630. The summed E-state index contributed by atoms with van der Waals surface area (Å²) in [6.07, 6.45) is 1.62. The first kappa shape index (κ1) is 9.40. The Bertz CT molecular complexity index is 445. The molecule has 1 aromatic heterocycles. The van der Waals surface area contributed by atoms with Crippen molar-refractivity contribution >= 4 is 15.9 Å². The lowest BCUT2D eigenvalue weighted by atomic mass is 10.1. The lowest BCUT2D eigenvalue weighted by Crippen LogP contribution is -1.86. The molecule has 72 valence electrons. The number of halogens is 2. The van der Waals surface area contributed by atoms with E-state index in [-0.39, 0.29) is 5.82 Å². The third kappa shape index (κ3) is 1.46. The fraction of sp³-hybridized carbons (Fsp3) is 0.100. The molecule has 1 N–H and O–H groups in total. The second kappa shape index (κ2) is 3.53. The van der Waals surface area contributed by atoms with E-state index < -0.39 is 0 Å². The highest BCUT2D eigenvalue weighted by atomic mass is 79.9. The number of aromatic nitrogens is 2. The molecule has 0 radical (unpaired) electrons. The Labute approximate surface area is 89.3 Å². The third-order valence-corrected chi connectivity index (χ3v) is 2.72. The molecule has 2 nitrogen and oxygen atoms in total. The van der Waals surface area contributed by atoms with Crippen LogP contribution in [0.1, 0.15) is 5.69 Å². The molecule has 0 aliphatic carbocycles. The van der Waals surface area contributed by atoms with E-state index >= 15 is 0 Å². The molecule has 0 aliphatic heterocycles. The van der Waals surface area contributed by atoms with E-state index in [1.165, 1.54) is 6.07 Å². The van der Waals surface area contributed by atoms with Gasteiger partial charge in [-0.2, -0.15) is 5.10 Å². The van der Waals surface area contributed by atoms with Gasteiger partial charge in [0.25, 0.3) is 0 Å². The number of aromatic amines is 1. The highest BCUT2D eigenvalue weighted by Gasteiger charge is 2.12. The molecule has 2 aromatic rings. The Balaban J connectivity index is 2.68. The maximum Gasteiger partial charge on any atom is 0.132 e. The zero-order valence-corrected chi connectivity index (χ0v) is 9.10. The van der Waals surface area contributed by atoms with Gasteiger partial charge in [-0.1, -0.05) is 22.0 Å². The molecular formula is C10H8BrFN2. The quantitative estimate of drug-likeness (QED) is 0.832. The van der Waals surface area contributed by atoms with Crippen LogP contribution in [0.2, 0.25) is 0 Å². The van der Waals surface area contributed by atoms with Gasteiger partial charge < -0.3 is 0 Å². The monoisotopic (exact) mass is 254 g/mol. The van der Waals surface area contributed by atoms with E-state index in [9.17, 15) is 4.39 Å². The van der Waals surface area contributed by atoms with Gasteiger partial charge in [-0.05, 0) is 19.1 Å². The van der Waals surface area contributed by atoms with Crippen molar-refractivity contribution < 1.29 is 4.39 Å². The number of benzene rings is 1. The summed E-state index contributed by atoms with van der Waals surface area (Å²) in [5.74, 6) is -0.246. The average Bonchev–Trinajstić information content (AvgIpc) is 2.52. The summed E-state index contributed by atoms with van der Waals surface area (Å²) in [5, 5.41) is 6.65. The standard InChI is InChI=1S/C10H8BrFN2/c1-6-7(5-13-14-6)10-8(11)3-2-4-9(10)12/h2-5H,1H3,(H,13,14). The van der Waals surface area contributed by atoms with Crippen LogP contribution in [0.15, 0.2) is 28.9 Å². The third-order valence-electron chi connectivity index (χ3n) is 2.06. The molecule has 0 aliphatic rings. The highest BCUT2D eigenvalue weighted by molar-refractivity contribution is 9.10. The van der Waals surface area contributed by atoms with Crippen molar-refractivity contribution in [2.24, 2.45) is 0 Å². The molecule has 0 atom stereocenters. The van der Waals surface area contributed by atoms with Crippen LogP contribution in [0.4, 0.5) is 4.39 Å². The molecular weight excluding hydrogens is 247 g/mol. The maximum absolute atomic E-state index is 13.5. The second-order valence-corrected chi connectivity index (χ2v) is 3.86. The largest absolute Gasteiger partial charge is 0.282 e. The summed E-state index contributed by atoms with van der Waals surface area (Å²) in [6.45, 7) is 1.86. The Morgan fingerprint density at radius 3 is 2.79 bits per heavy atom. The zero-order chi connectivity index (χ0) is 10.1. The van der Waals surface area contributed by atoms with Crippen molar-refractivity contribution in [1.29, 1.82) is 0 Å². The predicted octanol–water partition coefficient (Wildman–Crippen LogP) is 3.29. The summed E-state index contributed by atoms with van der Waals surface area (Å²) in [4.78, 5) is 0. The van der Waals surface area contributed by atoms with Gasteiger partial charge in [-0.25, -0.2) is 4.39 Å². The summed E-state index contributed by atoms with van der Waals surface area (Å²) in [5.41, 5.74) is 2.20. The van der Waals surface area contributed by atoms with Gasteiger partial charge in [0.2, 0.25) is 0 Å². The Morgan fingerprint density at radius 1 is 1.43 bits per heavy atom. The molecule has 1 heterocycles. The minimum absolute atomic E-state index is 0.246. The van der Waals surface area contributed by atoms with Gasteiger partial charge in [0.05, 0.1) is 6.20 Å². The first-order chi connectivity index (χ1) is 6.70. The van der Waals surface area contributed by atoms with Crippen LogP contribution in [0, 0.1) is 12.7 Å². The fourth-order valence-corrected chi connectivity index (χ4v) is 1.91. The predicted molar refractivity (Wildman–Crippen MR) is 56.4 cm³/mol. The fourth-order valence-electron chi connectivity index (χ4n) is 1.36. The van der Waals surface area contributed by atoms with Crippen molar-refractivity contribution in [3.63, 3.8) is 0 Å². The van der Waals surface area contributed by atoms with Crippen molar-refractivity contribution in [2.75, 3.05) is 0 Å². The molecule has 0 unspecified atom stereocenters. The molecule has 0 fully saturated rings. The van der Waals surface area contributed by atoms with Gasteiger partial charge in [0.15, 0.2) is 0 Å². The first-order valence-electron chi connectivity index (χ1n) is 4.14. The van der Waals surface area contributed by atoms with Crippen molar-refractivity contribution in [3.8, 4) is 11.1 Å². The van der Waals surface area contributed by atoms with Crippen LogP contribution >= 0.6 is 15.9 Å². The SMILES string of the molecule is Cc1[nH]ncc1-c1c(F)cccc1Br. The molecule has 0 bridgehead atoms. The van der Waals surface area contributed by atoms with Crippen molar-refractivity contribution in [3.05, 3.63) is 40.4 Å². The van der Waals surface area contributed by atoms with Gasteiger partial charge in [-0.15, -0.1) is 0 Å². The summed E-state index contributed by atoms with van der Waals surface area (Å²) in [6, 6.07) is 4.91. The zero-order valence-electron chi connectivity index (χ0n) is 7.51. The van der Waals surface area contributed by atoms with Crippen LogP contribution in [0.5, 0.6) is 0 Å². The normalized spacial score (nSPS) is 10.5. The number of aryl methyl sites for hydroxylation is 1. The summed E-state index contributed by atoms with van der Waals surface area (Å²) < 4.78 is 14.3. The number of nitrogens with one attached hydrogen (secondary N) is 1. The minimum Gasteiger partial charge on any atom is -0.282 e. The van der Waals surface area contributed by atoms with E-state index in [0.29, 0.717) is 5.56 Å². The smallest absolute Gasteiger partial charge is 0.132 e. The van der Waals surface area contributed by atoms with E-state index in [0.717, 1.165) is 15.7 Å². The maximum atomic E-state index is 13.5.